The summed E-state index contributed by atoms with van der Waals surface area (Å²) in [5.74, 6) is -0.532. The molecule has 0 aliphatic carbocycles. The van der Waals surface area contributed by atoms with Crippen LogP contribution in [0.15, 0.2) is 48.5 Å². The van der Waals surface area contributed by atoms with Crippen molar-refractivity contribution in [2.24, 2.45) is 0 Å². The first-order valence-corrected chi connectivity index (χ1v) is 7.90. The lowest BCUT2D eigenvalue weighted by molar-refractivity contribution is 0.0464. The molecule has 24 heavy (non-hydrogen) atoms. The van der Waals surface area contributed by atoms with Gasteiger partial charge in [0.1, 0.15) is 6.61 Å². The molecule has 122 valence electrons. The van der Waals surface area contributed by atoms with Crippen molar-refractivity contribution in [2.75, 3.05) is 0 Å². The lowest BCUT2D eigenvalue weighted by Crippen LogP contribution is -2.08. The van der Waals surface area contributed by atoms with E-state index in [1.807, 2.05) is 6.07 Å². The SMILES string of the molecule is Cc1c(C(=O)OCc2ccc(Cl)cc2)nnn1-c1cccc(Cl)c1. The third-order valence-electron chi connectivity index (χ3n) is 3.42. The van der Waals surface area contributed by atoms with Gasteiger partial charge < -0.3 is 4.74 Å². The number of rotatable bonds is 4. The van der Waals surface area contributed by atoms with Crippen LogP contribution in [0, 0.1) is 6.92 Å². The molecular formula is C17H13Cl2N3O2. The van der Waals surface area contributed by atoms with E-state index >= 15 is 0 Å². The van der Waals surface area contributed by atoms with E-state index in [2.05, 4.69) is 10.3 Å². The molecule has 0 atom stereocenters. The Kier molecular flexibility index (Phi) is 4.83. The van der Waals surface area contributed by atoms with Crippen LogP contribution >= 0.6 is 23.2 Å². The van der Waals surface area contributed by atoms with Crippen molar-refractivity contribution in [3.8, 4) is 5.69 Å². The van der Waals surface area contributed by atoms with Gasteiger partial charge in [0.15, 0.2) is 5.69 Å². The van der Waals surface area contributed by atoms with Gasteiger partial charge in [0.05, 0.1) is 11.4 Å². The van der Waals surface area contributed by atoms with Crippen molar-refractivity contribution in [3.63, 3.8) is 0 Å². The fourth-order valence-corrected chi connectivity index (χ4v) is 2.48. The number of carbonyl (C=O) groups excluding carboxylic acids is 1. The molecule has 1 aromatic heterocycles. The summed E-state index contributed by atoms with van der Waals surface area (Å²) in [6, 6.07) is 14.2. The van der Waals surface area contributed by atoms with Crippen LogP contribution in [0.2, 0.25) is 10.0 Å². The van der Waals surface area contributed by atoms with E-state index in [4.69, 9.17) is 27.9 Å². The molecule has 0 saturated heterocycles. The molecule has 3 rings (SSSR count). The second-order valence-electron chi connectivity index (χ2n) is 5.12. The number of hydrogen-bond donors (Lipinski definition) is 0. The van der Waals surface area contributed by atoms with Gasteiger partial charge in [0.2, 0.25) is 0 Å². The van der Waals surface area contributed by atoms with E-state index in [9.17, 15) is 4.79 Å². The molecule has 0 bridgehead atoms. The maximum atomic E-state index is 12.2. The normalized spacial score (nSPS) is 10.6. The van der Waals surface area contributed by atoms with Crippen LogP contribution in [0.4, 0.5) is 0 Å². The topological polar surface area (TPSA) is 57.0 Å². The molecule has 0 amide bonds. The number of hydrogen-bond acceptors (Lipinski definition) is 4. The monoisotopic (exact) mass is 361 g/mol. The van der Waals surface area contributed by atoms with Gasteiger partial charge in [-0.2, -0.15) is 0 Å². The van der Waals surface area contributed by atoms with Gasteiger partial charge in [-0.15, -0.1) is 5.10 Å². The zero-order chi connectivity index (χ0) is 17.1. The van der Waals surface area contributed by atoms with Gasteiger partial charge in [0.25, 0.3) is 0 Å². The minimum Gasteiger partial charge on any atom is -0.456 e. The first kappa shape index (κ1) is 16.5. The third kappa shape index (κ3) is 3.58. The van der Waals surface area contributed by atoms with E-state index in [0.29, 0.717) is 15.7 Å². The van der Waals surface area contributed by atoms with Gasteiger partial charge in [-0.3, -0.25) is 0 Å². The summed E-state index contributed by atoms with van der Waals surface area (Å²) in [4.78, 5) is 12.2. The van der Waals surface area contributed by atoms with E-state index in [1.165, 1.54) is 0 Å². The van der Waals surface area contributed by atoms with Gasteiger partial charge in [-0.05, 0) is 42.8 Å². The quantitative estimate of drug-likeness (QED) is 0.652. The van der Waals surface area contributed by atoms with Crippen molar-refractivity contribution in [1.29, 1.82) is 0 Å². The lowest BCUT2D eigenvalue weighted by Gasteiger charge is -2.05. The summed E-state index contributed by atoms with van der Waals surface area (Å²) < 4.78 is 6.83. The zero-order valence-electron chi connectivity index (χ0n) is 12.7. The van der Waals surface area contributed by atoms with Gasteiger partial charge in [-0.25, -0.2) is 9.48 Å². The highest BCUT2D eigenvalue weighted by molar-refractivity contribution is 6.30. The molecule has 0 saturated carbocycles. The summed E-state index contributed by atoms with van der Waals surface area (Å²) in [5, 5.41) is 9.13. The smallest absolute Gasteiger partial charge is 0.361 e. The Morgan fingerprint density at radius 2 is 1.88 bits per heavy atom. The van der Waals surface area contributed by atoms with Crippen LogP contribution in [0.1, 0.15) is 21.7 Å². The van der Waals surface area contributed by atoms with E-state index < -0.39 is 5.97 Å². The molecule has 7 heteroatoms. The standard InChI is InChI=1S/C17H13Cl2N3O2/c1-11-16(17(23)24-10-12-5-7-13(18)8-6-12)20-21-22(11)15-4-2-3-14(19)9-15/h2-9H,10H2,1H3. The van der Waals surface area contributed by atoms with Crippen LogP contribution in [0.25, 0.3) is 5.69 Å². The lowest BCUT2D eigenvalue weighted by atomic mass is 10.2. The number of benzene rings is 2. The predicted molar refractivity (Wildman–Crippen MR) is 91.7 cm³/mol. The van der Waals surface area contributed by atoms with Crippen LogP contribution in [-0.2, 0) is 11.3 Å². The van der Waals surface area contributed by atoms with Crippen LogP contribution < -0.4 is 0 Å². The van der Waals surface area contributed by atoms with Crippen molar-refractivity contribution in [2.45, 2.75) is 13.5 Å². The van der Waals surface area contributed by atoms with Gasteiger partial charge >= 0.3 is 5.97 Å². The highest BCUT2D eigenvalue weighted by Crippen LogP contribution is 2.17. The Bertz CT molecular complexity index is 876. The summed E-state index contributed by atoms with van der Waals surface area (Å²) >= 11 is 11.8. The predicted octanol–water partition coefficient (Wildman–Crippen LogP) is 4.24. The summed E-state index contributed by atoms with van der Waals surface area (Å²) in [7, 11) is 0. The average Bonchev–Trinajstić information content (AvgIpc) is 2.96. The second-order valence-corrected chi connectivity index (χ2v) is 5.99. The third-order valence-corrected chi connectivity index (χ3v) is 3.91. The molecular weight excluding hydrogens is 349 g/mol. The first-order valence-electron chi connectivity index (χ1n) is 7.14. The summed E-state index contributed by atoms with van der Waals surface area (Å²) in [5.41, 5.74) is 2.32. The molecule has 5 nitrogen and oxygen atoms in total. The number of aromatic nitrogens is 3. The summed E-state index contributed by atoms with van der Waals surface area (Å²) in [6.07, 6.45) is 0. The minimum absolute atomic E-state index is 0.138. The fourth-order valence-electron chi connectivity index (χ4n) is 2.17. The van der Waals surface area contributed by atoms with Crippen molar-refractivity contribution in [3.05, 3.63) is 75.5 Å². The van der Waals surface area contributed by atoms with Crippen molar-refractivity contribution in [1.82, 2.24) is 15.0 Å². The molecule has 0 spiro atoms. The van der Waals surface area contributed by atoms with E-state index in [1.54, 1.807) is 54.1 Å². The van der Waals surface area contributed by atoms with Crippen molar-refractivity contribution < 1.29 is 9.53 Å². The average molecular weight is 362 g/mol. The van der Waals surface area contributed by atoms with Gasteiger partial charge in [0, 0.05) is 10.0 Å². The Balaban J connectivity index is 1.75. The molecule has 1 heterocycles. The second kappa shape index (κ2) is 7.03. The zero-order valence-corrected chi connectivity index (χ0v) is 14.3. The van der Waals surface area contributed by atoms with Crippen LogP contribution in [0.3, 0.4) is 0 Å². The highest BCUT2D eigenvalue weighted by Gasteiger charge is 2.19. The number of ether oxygens (including phenoxy) is 1. The maximum Gasteiger partial charge on any atom is 0.361 e. The minimum atomic E-state index is -0.532. The molecule has 2 aromatic carbocycles. The fraction of sp³-hybridized carbons (Fsp3) is 0.118. The Hall–Kier alpha value is -2.37. The molecule has 3 aromatic rings. The Labute approximate surface area is 148 Å². The molecule has 0 N–H and O–H groups in total. The number of esters is 1. The van der Waals surface area contributed by atoms with E-state index in [0.717, 1.165) is 11.3 Å². The van der Waals surface area contributed by atoms with Crippen LogP contribution in [0.5, 0.6) is 0 Å². The molecule has 0 aliphatic heterocycles. The molecule has 0 radical (unpaired) electrons. The Morgan fingerprint density at radius 3 is 2.58 bits per heavy atom. The molecule has 0 aliphatic rings. The molecule has 0 fully saturated rings. The molecule has 0 unspecified atom stereocenters. The number of nitrogens with zero attached hydrogens (tertiary/aromatic N) is 3. The summed E-state index contributed by atoms with van der Waals surface area (Å²) in [6.45, 7) is 1.89. The van der Waals surface area contributed by atoms with Crippen molar-refractivity contribution >= 4 is 29.2 Å². The van der Waals surface area contributed by atoms with E-state index in [-0.39, 0.29) is 12.3 Å². The number of carbonyl (C=O) groups is 1. The Morgan fingerprint density at radius 1 is 1.12 bits per heavy atom. The largest absolute Gasteiger partial charge is 0.456 e. The first-order chi connectivity index (χ1) is 11.5. The highest BCUT2D eigenvalue weighted by atomic mass is 35.5. The van der Waals surface area contributed by atoms with Gasteiger partial charge in [-0.1, -0.05) is 46.6 Å². The van der Waals surface area contributed by atoms with Crippen LogP contribution in [-0.4, -0.2) is 21.0 Å². The number of halogens is 2. The maximum absolute atomic E-state index is 12.2.